The molecule has 0 aromatic heterocycles. The molecule has 0 saturated carbocycles. The van der Waals surface area contributed by atoms with Gasteiger partial charge in [0.25, 0.3) is 0 Å². The molecule has 362 valence electrons. The first-order valence-corrected chi connectivity index (χ1v) is 26.6. The monoisotopic (exact) mass is 980 g/mol. The van der Waals surface area contributed by atoms with Crippen molar-refractivity contribution in [1.82, 2.24) is 0 Å². The molecule has 0 heterocycles. The van der Waals surface area contributed by atoms with Crippen LogP contribution in [0.3, 0.4) is 0 Å². The number of hydrogen-bond acceptors (Lipinski definition) is 2. The molecule has 0 N–H and O–H groups in total. The van der Waals surface area contributed by atoms with Gasteiger partial charge >= 0.3 is 0 Å². The number of fused-ring (bicyclic) bond motifs is 5. The smallest absolute Gasteiger partial charge is 0.0713 e. The molecule has 1 aliphatic carbocycles. The van der Waals surface area contributed by atoms with Crippen molar-refractivity contribution in [2.24, 2.45) is 0 Å². The van der Waals surface area contributed by atoms with Crippen LogP contribution >= 0.6 is 0 Å². The number of rotatable bonds is 11. The van der Waals surface area contributed by atoms with E-state index in [0.29, 0.717) is 0 Å². The van der Waals surface area contributed by atoms with E-state index in [-0.39, 0.29) is 0 Å². The Morgan fingerprint density at radius 1 is 0.208 bits per heavy atom. The standard InChI is InChI=1S/C75H52N2/c1-6-22-54(23-7-1)73-67-33-16-18-35-69(67)74(70-36-19-17-34-68(70)73)55-40-45-62(46-41-55)77(60-30-14-5-15-31-60)64-49-47-63(48-50-64)76(59-28-12-4-13-29-59)61-43-38-53(39-44-61)56-42-51-66-65-32-20-21-37-71(65)75(72(66)52-56,57-24-8-2-9-25-57)58-26-10-3-11-27-58/h1-52H. The van der Waals surface area contributed by atoms with Crippen molar-refractivity contribution in [2.75, 3.05) is 9.80 Å². The highest BCUT2D eigenvalue weighted by molar-refractivity contribution is 6.21. The maximum Gasteiger partial charge on any atom is 0.0713 e. The van der Waals surface area contributed by atoms with E-state index in [1.165, 1.54) is 88.3 Å². The minimum atomic E-state index is -0.458. The van der Waals surface area contributed by atoms with Gasteiger partial charge in [-0.2, -0.15) is 0 Å². The van der Waals surface area contributed by atoms with E-state index >= 15 is 0 Å². The third-order valence-corrected chi connectivity index (χ3v) is 15.7. The Hall–Kier alpha value is -10.0. The SMILES string of the molecule is c1ccc(-c2c3ccccc3c(-c3ccc(N(c4ccccc4)c4ccc(N(c5ccccc5)c5ccc(-c6ccc7c(c6)C(c6ccccc6)(c6ccccc6)c6ccccc6-7)cc5)cc4)cc3)c3ccccc23)cc1. The third kappa shape index (κ3) is 7.81. The molecule has 0 saturated heterocycles. The minimum absolute atomic E-state index is 0.458. The van der Waals surface area contributed by atoms with Crippen LogP contribution in [0.2, 0.25) is 0 Å². The zero-order chi connectivity index (χ0) is 51.1. The van der Waals surface area contributed by atoms with Crippen LogP contribution in [0.4, 0.5) is 34.1 Å². The Bertz CT molecular complexity index is 4120. The van der Waals surface area contributed by atoms with Crippen molar-refractivity contribution in [1.29, 1.82) is 0 Å². The summed E-state index contributed by atoms with van der Waals surface area (Å²) in [5.41, 5.74) is 21.0. The lowest BCUT2D eigenvalue weighted by molar-refractivity contribution is 0.769. The lowest BCUT2D eigenvalue weighted by Crippen LogP contribution is -2.28. The van der Waals surface area contributed by atoms with E-state index in [1.807, 2.05) is 0 Å². The molecule has 13 aromatic rings. The Morgan fingerprint density at radius 2 is 0.519 bits per heavy atom. The molecule has 0 unspecified atom stereocenters. The molecular formula is C75H52N2. The van der Waals surface area contributed by atoms with Crippen LogP contribution < -0.4 is 9.80 Å². The van der Waals surface area contributed by atoms with Crippen LogP contribution in [0.1, 0.15) is 22.3 Å². The Labute approximate surface area is 450 Å². The van der Waals surface area contributed by atoms with Crippen molar-refractivity contribution in [3.63, 3.8) is 0 Å². The first-order chi connectivity index (χ1) is 38.2. The van der Waals surface area contributed by atoms with Gasteiger partial charge in [-0.25, -0.2) is 0 Å². The molecule has 0 bridgehead atoms. The van der Waals surface area contributed by atoms with Gasteiger partial charge in [0.05, 0.1) is 5.41 Å². The number of anilines is 6. The van der Waals surface area contributed by atoms with Crippen LogP contribution in [0.5, 0.6) is 0 Å². The van der Waals surface area contributed by atoms with E-state index in [4.69, 9.17) is 0 Å². The van der Waals surface area contributed by atoms with Crippen LogP contribution in [0.15, 0.2) is 315 Å². The predicted molar refractivity (Wildman–Crippen MR) is 324 cm³/mol. The fourth-order valence-corrected chi connectivity index (χ4v) is 12.4. The normalized spacial score (nSPS) is 12.3. The van der Waals surface area contributed by atoms with Crippen molar-refractivity contribution in [3.8, 4) is 44.5 Å². The summed E-state index contributed by atoms with van der Waals surface area (Å²) < 4.78 is 0. The number of benzene rings is 13. The van der Waals surface area contributed by atoms with Crippen LogP contribution in [0.25, 0.3) is 66.1 Å². The highest BCUT2D eigenvalue weighted by Gasteiger charge is 2.46. The molecule has 0 amide bonds. The Kier molecular flexibility index (Phi) is 11.5. The summed E-state index contributed by atoms with van der Waals surface area (Å²) in [6.07, 6.45) is 0. The number of para-hydroxylation sites is 2. The average Bonchev–Trinajstić information content (AvgIpc) is 4.09. The number of hydrogen-bond donors (Lipinski definition) is 0. The molecule has 13 aromatic carbocycles. The van der Waals surface area contributed by atoms with Crippen molar-refractivity contribution < 1.29 is 0 Å². The molecule has 14 rings (SSSR count). The summed E-state index contributed by atoms with van der Waals surface area (Å²) in [5, 5.41) is 4.99. The lowest BCUT2D eigenvalue weighted by atomic mass is 9.67. The molecule has 0 fully saturated rings. The highest BCUT2D eigenvalue weighted by atomic mass is 15.2. The quantitative estimate of drug-likeness (QED) is 0.119. The highest BCUT2D eigenvalue weighted by Crippen LogP contribution is 2.57. The molecule has 0 aliphatic heterocycles. The molecule has 2 heteroatoms. The molecule has 0 spiro atoms. The van der Waals surface area contributed by atoms with E-state index in [2.05, 4.69) is 325 Å². The first kappa shape index (κ1) is 45.6. The van der Waals surface area contributed by atoms with Crippen LogP contribution in [0, 0.1) is 0 Å². The largest absolute Gasteiger partial charge is 0.311 e. The van der Waals surface area contributed by atoms with Gasteiger partial charge in [-0.05, 0) is 167 Å². The summed E-state index contributed by atoms with van der Waals surface area (Å²) in [4.78, 5) is 4.70. The Morgan fingerprint density at radius 3 is 0.974 bits per heavy atom. The predicted octanol–water partition coefficient (Wildman–Crippen LogP) is 20.3. The summed E-state index contributed by atoms with van der Waals surface area (Å²) >= 11 is 0. The summed E-state index contributed by atoms with van der Waals surface area (Å²) in [6.45, 7) is 0. The number of nitrogens with zero attached hydrogens (tertiary/aromatic N) is 2. The van der Waals surface area contributed by atoms with Crippen molar-refractivity contribution in [3.05, 3.63) is 338 Å². The fraction of sp³-hybridized carbons (Fsp3) is 0.0133. The van der Waals surface area contributed by atoms with Crippen LogP contribution in [-0.2, 0) is 5.41 Å². The minimum Gasteiger partial charge on any atom is -0.311 e. The van der Waals surface area contributed by atoms with E-state index in [1.54, 1.807) is 0 Å². The van der Waals surface area contributed by atoms with E-state index in [0.717, 1.165) is 34.1 Å². The zero-order valence-electron chi connectivity index (χ0n) is 42.4. The second kappa shape index (κ2) is 19.4. The lowest BCUT2D eigenvalue weighted by Gasteiger charge is -2.34. The van der Waals surface area contributed by atoms with Gasteiger partial charge < -0.3 is 9.80 Å². The summed E-state index contributed by atoms with van der Waals surface area (Å²) in [7, 11) is 0. The molecule has 2 nitrogen and oxygen atoms in total. The Balaban J connectivity index is 0.818. The van der Waals surface area contributed by atoms with Gasteiger partial charge in [0.2, 0.25) is 0 Å². The first-order valence-electron chi connectivity index (χ1n) is 26.6. The second-order valence-electron chi connectivity index (χ2n) is 19.9. The maximum absolute atomic E-state index is 2.44. The van der Waals surface area contributed by atoms with Crippen LogP contribution in [-0.4, -0.2) is 0 Å². The molecular weight excluding hydrogens is 929 g/mol. The van der Waals surface area contributed by atoms with Gasteiger partial charge in [-0.3, -0.25) is 0 Å². The van der Waals surface area contributed by atoms with Crippen molar-refractivity contribution in [2.45, 2.75) is 5.41 Å². The van der Waals surface area contributed by atoms with Crippen molar-refractivity contribution >= 4 is 55.7 Å². The van der Waals surface area contributed by atoms with Gasteiger partial charge in [0.1, 0.15) is 0 Å². The second-order valence-corrected chi connectivity index (χ2v) is 19.9. The zero-order valence-corrected chi connectivity index (χ0v) is 42.4. The topological polar surface area (TPSA) is 6.48 Å². The van der Waals surface area contributed by atoms with Gasteiger partial charge in [-0.15, -0.1) is 0 Å². The van der Waals surface area contributed by atoms with Gasteiger partial charge in [0.15, 0.2) is 0 Å². The average molecular weight is 981 g/mol. The van der Waals surface area contributed by atoms with Gasteiger partial charge in [-0.1, -0.05) is 237 Å². The van der Waals surface area contributed by atoms with Gasteiger partial charge in [0, 0.05) is 34.1 Å². The molecule has 77 heavy (non-hydrogen) atoms. The fourth-order valence-electron chi connectivity index (χ4n) is 12.4. The molecule has 1 aliphatic rings. The molecule has 0 radical (unpaired) electrons. The summed E-state index contributed by atoms with van der Waals surface area (Å²) in [6, 6.07) is 115. The molecule has 0 atom stereocenters. The van der Waals surface area contributed by atoms with E-state index in [9.17, 15) is 0 Å². The summed E-state index contributed by atoms with van der Waals surface area (Å²) in [5.74, 6) is 0. The maximum atomic E-state index is 2.44. The third-order valence-electron chi connectivity index (χ3n) is 15.7. The van der Waals surface area contributed by atoms with E-state index < -0.39 is 5.41 Å².